The molecular formula is C19H20N2O4. The number of methoxy groups -OCH3 is 1. The molecule has 1 aliphatic heterocycles. The molecule has 6 nitrogen and oxygen atoms in total. The Morgan fingerprint density at radius 2 is 1.96 bits per heavy atom. The van der Waals surface area contributed by atoms with Crippen LogP contribution in [0.5, 0.6) is 11.5 Å². The Morgan fingerprint density at radius 1 is 1.20 bits per heavy atom. The Balaban J connectivity index is 1.81. The standard InChI is InChI=1S/C19H20N2O4/c1-12-10-13-6-3-4-8-15(13)21(12)17(22)11-25-18-14(19(20)23)7-5-9-16(18)24-2/h3-9,12H,10-11H2,1-2H3,(H2,20,23)/t12-/m0/s1. The fourth-order valence-corrected chi connectivity index (χ4v) is 3.17. The van der Waals surface area contributed by atoms with Gasteiger partial charge in [-0.3, -0.25) is 9.59 Å². The van der Waals surface area contributed by atoms with Crippen LogP contribution in [0, 0.1) is 0 Å². The van der Waals surface area contributed by atoms with E-state index in [0.29, 0.717) is 5.75 Å². The summed E-state index contributed by atoms with van der Waals surface area (Å²) in [7, 11) is 1.47. The van der Waals surface area contributed by atoms with Gasteiger partial charge in [0, 0.05) is 11.7 Å². The summed E-state index contributed by atoms with van der Waals surface area (Å²) in [5.41, 5.74) is 7.60. The Morgan fingerprint density at radius 3 is 2.68 bits per heavy atom. The third-order valence-corrected chi connectivity index (χ3v) is 4.28. The highest BCUT2D eigenvalue weighted by molar-refractivity contribution is 5.98. The van der Waals surface area contributed by atoms with Crippen LogP contribution in [0.1, 0.15) is 22.8 Å². The number of primary amides is 1. The lowest BCUT2D eigenvalue weighted by molar-refractivity contribution is -0.120. The van der Waals surface area contributed by atoms with Crippen molar-refractivity contribution in [3.8, 4) is 11.5 Å². The van der Waals surface area contributed by atoms with Gasteiger partial charge in [0.25, 0.3) is 11.8 Å². The zero-order valence-corrected chi connectivity index (χ0v) is 14.2. The zero-order valence-electron chi connectivity index (χ0n) is 14.2. The number of ether oxygens (including phenoxy) is 2. The van der Waals surface area contributed by atoms with Crippen LogP contribution in [-0.4, -0.2) is 31.6 Å². The van der Waals surface area contributed by atoms with Gasteiger partial charge in [-0.15, -0.1) is 0 Å². The van der Waals surface area contributed by atoms with Gasteiger partial charge in [0.1, 0.15) is 0 Å². The predicted molar refractivity (Wildman–Crippen MR) is 94.1 cm³/mol. The van der Waals surface area contributed by atoms with Crippen LogP contribution in [0.25, 0.3) is 0 Å². The molecule has 2 amide bonds. The molecule has 2 N–H and O–H groups in total. The molecule has 6 heteroatoms. The molecule has 130 valence electrons. The third-order valence-electron chi connectivity index (χ3n) is 4.28. The number of nitrogens with two attached hydrogens (primary N) is 1. The molecule has 2 aromatic carbocycles. The smallest absolute Gasteiger partial charge is 0.265 e. The fraction of sp³-hybridized carbons (Fsp3) is 0.263. The summed E-state index contributed by atoms with van der Waals surface area (Å²) in [4.78, 5) is 26.0. The Bertz CT molecular complexity index is 819. The second kappa shape index (κ2) is 6.84. The second-order valence-electron chi connectivity index (χ2n) is 5.94. The number of rotatable bonds is 5. The minimum absolute atomic E-state index is 0.0572. The van der Waals surface area contributed by atoms with Crippen LogP contribution in [-0.2, 0) is 11.2 Å². The molecule has 0 aromatic heterocycles. The number of carbonyl (C=O) groups is 2. The van der Waals surface area contributed by atoms with Crippen molar-refractivity contribution in [2.24, 2.45) is 5.73 Å². The van der Waals surface area contributed by atoms with Crippen molar-refractivity contribution in [2.75, 3.05) is 18.6 Å². The summed E-state index contributed by atoms with van der Waals surface area (Å²) >= 11 is 0. The number of carbonyl (C=O) groups excluding carboxylic acids is 2. The van der Waals surface area contributed by atoms with Gasteiger partial charge >= 0.3 is 0 Å². The van der Waals surface area contributed by atoms with Crippen molar-refractivity contribution < 1.29 is 19.1 Å². The highest BCUT2D eigenvalue weighted by Gasteiger charge is 2.31. The van der Waals surface area contributed by atoms with Gasteiger partial charge in [0.2, 0.25) is 0 Å². The molecule has 0 unspecified atom stereocenters. The number of para-hydroxylation sites is 2. The van der Waals surface area contributed by atoms with E-state index in [-0.39, 0.29) is 29.9 Å². The first-order valence-electron chi connectivity index (χ1n) is 8.02. The van der Waals surface area contributed by atoms with E-state index < -0.39 is 5.91 Å². The maximum Gasteiger partial charge on any atom is 0.265 e. The van der Waals surface area contributed by atoms with Crippen molar-refractivity contribution >= 4 is 17.5 Å². The highest BCUT2D eigenvalue weighted by Crippen LogP contribution is 2.33. The van der Waals surface area contributed by atoms with Crippen LogP contribution in [0.4, 0.5) is 5.69 Å². The summed E-state index contributed by atoms with van der Waals surface area (Å²) in [6.45, 7) is 1.79. The van der Waals surface area contributed by atoms with Gasteiger partial charge in [0.15, 0.2) is 18.1 Å². The van der Waals surface area contributed by atoms with E-state index in [4.69, 9.17) is 15.2 Å². The number of nitrogens with zero attached hydrogens (tertiary/aromatic N) is 1. The molecule has 1 aliphatic rings. The zero-order chi connectivity index (χ0) is 18.0. The van der Waals surface area contributed by atoms with E-state index in [0.717, 1.165) is 17.7 Å². The second-order valence-corrected chi connectivity index (χ2v) is 5.94. The van der Waals surface area contributed by atoms with Gasteiger partial charge in [-0.2, -0.15) is 0 Å². The molecule has 1 atom stereocenters. The normalized spacial score (nSPS) is 15.6. The van der Waals surface area contributed by atoms with E-state index >= 15 is 0 Å². The minimum atomic E-state index is -0.638. The minimum Gasteiger partial charge on any atom is -0.493 e. The molecule has 25 heavy (non-hydrogen) atoms. The van der Waals surface area contributed by atoms with Crippen LogP contribution < -0.4 is 20.1 Å². The van der Waals surface area contributed by atoms with Crippen molar-refractivity contribution in [2.45, 2.75) is 19.4 Å². The first-order chi connectivity index (χ1) is 12.0. The van der Waals surface area contributed by atoms with E-state index in [1.165, 1.54) is 7.11 Å². The Kier molecular flexibility index (Phi) is 4.61. The molecule has 0 saturated carbocycles. The topological polar surface area (TPSA) is 81.9 Å². The predicted octanol–water partition coefficient (Wildman–Crippen LogP) is 2.15. The van der Waals surface area contributed by atoms with Crippen LogP contribution in [0.3, 0.4) is 0 Å². The Labute approximate surface area is 146 Å². The van der Waals surface area contributed by atoms with Gasteiger partial charge in [-0.1, -0.05) is 24.3 Å². The lowest BCUT2D eigenvalue weighted by atomic mass is 10.1. The first kappa shape index (κ1) is 16.8. The van der Waals surface area contributed by atoms with E-state index in [1.54, 1.807) is 23.1 Å². The van der Waals surface area contributed by atoms with E-state index in [2.05, 4.69) is 0 Å². The number of hydrogen-bond acceptors (Lipinski definition) is 4. The molecular weight excluding hydrogens is 320 g/mol. The number of benzene rings is 2. The van der Waals surface area contributed by atoms with Crippen molar-refractivity contribution in [3.63, 3.8) is 0 Å². The average molecular weight is 340 g/mol. The molecule has 2 aromatic rings. The molecule has 0 aliphatic carbocycles. The molecule has 0 radical (unpaired) electrons. The summed E-state index contributed by atoms with van der Waals surface area (Å²) < 4.78 is 10.9. The SMILES string of the molecule is COc1cccc(C(N)=O)c1OCC(=O)N1c2ccccc2C[C@@H]1C. The molecule has 0 fully saturated rings. The van der Waals surface area contributed by atoms with Gasteiger partial charge < -0.3 is 20.1 Å². The summed E-state index contributed by atoms with van der Waals surface area (Å²) in [6, 6.07) is 12.7. The number of amides is 2. The van der Waals surface area contributed by atoms with Crippen LogP contribution in [0.2, 0.25) is 0 Å². The molecule has 0 saturated heterocycles. The average Bonchev–Trinajstić information content (AvgIpc) is 2.94. The van der Waals surface area contributed by atoms with Gasteiger partial charge in [-0.25, -0.2) is 0 Å². The number of anilines is 1. The summed E-state index contributed by atoms with van der Waals surface area (Å²) in [5.74, 6) is -0.273. The summed E-state index contributed by atoms with van der Waals surface area (Å²) in [5, 5.41) is 0. The van der Waals surface area contributed by atoms with Crippen LogP contribution in [0.15, 0.2) is 42.5 Å². The number of hydrogen-bond donors (Lipinski definition) is 1. The molecule has 1 heterocycles. The number of fused-ring (bicyclic) bond motifs is 1. The molecule has 0 spiro atoms. The lowest BCUT2D eigenvalue weighted by Crippen LogP contribution is -2.39. The molecule has 0 bridgehead atoms. The van der Waals surface area contributed by atoms with Gasteiger partial charge in [0.05, 0.1) is 12.7 Å². The fourth-order valence-electron chi connectivity index (χ4n) is 3.17. The van der Waals surface area contributed by atoms with E-state index in [9.17, 15) is 9.59 Å². The summed E-state index contributed by atoms with van der Waals surface area (Å²) in [6.07, 6.45) is 0.809. The van der Waals surface area contributed by atoms with Gasteiger partial charge in [-0.05, 0) is 37.1 Å². The maximum absolute atomic E-state index is 12.7. The van der Waals surface area contributed by atoms with Crippen molar-refractivity contribution in [3.05, 3.63) is 53.6 Å². The third kappa shape index (κ3) is 3.15. The van der Waals surface area contributed by atoms with Crippen LogP contribution >= 0.6 is 0 Å². The largest absolute Gasteiger partial charge is 0.493 e. The highest BCUT2D eigenvalue weighted by atomic mass is 16.5. The first-order valence-corrected chi connectivity index (χ1v) is 8.02. The monoisotopic (exact) mass is 340 g/mol. The maximum atomic E-state index is 12.7. The molecule has 3 rings (SSSR count). The van der Waals surface area contributed by atoms with E-state index in [1.807, 2.05) is 31.2 Å². The lowest BCUT2D eigenvalue weighted by Gasteiger charge is -2.23. The Hall–Kier alpha value is -3.02. The van der Waals surface area contributed by atoms with Crippen molar-refractivity contribution in [1.82, 2.24) is 0 Å². The van der Waals surface area contributed by atoms with Crippen molar-refractivity contribution in [1.29, 1.82) is 0 Å². The quantitative estimate of drug-likeness (QED) is 0.904.